The molecule has 0 spiro atoms. The van der Waals surface area contributed by atoms with Gasteiger partial charge in [0.15, 0.2) is 0 Å². The van der Waals surface area contributed by atoms with Crippen molar-refractivity contribution in [3.8, 4) is 0 Å². The van der Waals surface area contributed by atoms with Gasteiger partial charge in [-0.05, 0) is 37.5 Å². The Labute approximate surface area is 146 Å². The number of carbonyl (C=O) groups excluding carboxylic acids is 1. The van der Waals surface area contributed by atoms with Crippen molar-refractivity contribution in [3.05, 3.63) is 77.0 Å². The Morgan fingerprint density at radius 3 is 2.68 bits per heavy atom. The summed E-state index contributed by atoms with van der Waals surface area (Å²) in [5, 5.41) is 4.96. The maximum absolute atomic E-state index is 12.6. The van der Waals surface area contributed by atoms with Crippen LogP contribution in [0.1, 0.15) is 45.9 Å². The van der Waals surface area contributed by atoms with Crippen molar-refractivity contribution >= 4 is 23.0 Å². The molecule has 0 aliphatic heterocycles. The van der Waals surface area contributed by atoms with Crippen molar-refractivity contribution in [1.82, 2.24) is 10.4 Å². The third-order valence-corrected chi connectivity index (χ3v) is 4.43. The molecule has 1 fully saturated rings. The van der Waals surface area contributed by atoms with Gasteiger partial charge < -0.3 is 0 Å². The van der Waals surface area contributed by atoms with Crippen LogP contribution in [0.5, 0.6) is 0 Å². The molecule has 25 heavy (non-hydrogen) atoms. The summed E-state index contributed by atoms with van der Waals surface area (Å²) in [5.41, 5.74) is 7.28. The van der Waals surface area contributed by atoms with Gasteiger partial charge in [-0.3, -0.25) is 9.78 Å². The van der Waals surface area contributed by atoms with Gasteiger partial charge >= 0.3 is 0 Å². The molecule has 0 bridgehead atoms. The standard InChI is InChI=1S/C21H19N3O/c1-14-6-8-15(9-7-14)13-22-24-21(25)18-12-20(16-10-11-16)23-19-5-3-2-4-17(18)19/h2-9,12-13,16H,10-11H2,1H3,(H,24,25). The van der Waals surface area contributed by atoms with Crippen LogP contribution >= 0.6 is 0 Å². The van der Waals surface area contributed by atoms with Crippen LogP contribution in [-0.2, 0) is 0 Å². The zero-order valence-electron chi connectivity index (χ0n) is 14.1. The number of nitrogens with one attached hydrogen (secondary N) is 1. The van der Waals surface area contributed by atoms with E-state index in [1.165, 1.54) is 5.56 Å². The lowest BCUT2D eigenvalue weighted by Gasteiger charge is -2.08. The lowest BCUT2D eigenvalue weighted by atomic mass is 10.1. The minimum absolute atomic E-state index is 0.205. The van der Waals surface area contributed by atoms with Crippen molar-refractivity contribution in [1.29, 1.82) is 0 Å². The third-order valence-electron chi connectivity index (χ3n) is 4.43. The first-order valence-corrected chi connectivity index (χ1v) is 8.50. The van der Waals surface area contributed by atoms with Gasteiger partial charge in [-0.15, -0.1) is 0 Å². The van der Waals surface area contributed by atoms with E-state index >= 15 is 0 Å². The Morgan fingerprint density at radius 1 is 1.16 bits per heavy atom. The van der Waals surface area contributed by atoms with E-state index in [-0.39, 0.29) is 5.91 Å². The van der Waals surface area contributed by atoms with Gasteiger partial charge in [-0.2, -0.15) is 5.10 Å². The molecular formula is C21H19N3O. The average Bonchev–Trinajstić information content (AvgIpc) is 3.47. The van der Waals surface area contributed by atoms with Crippen LogP contribution in [0, 0.1) is 6.92 Å². The Balaban J connectivity index is 1.59. The first kappa shape index (κ1) is 15.5. The van der Waals surface area contributed by atoms with E-state index in [2.05, 4.69) is 10.5 Å². The highest BCUT2D eigenvalue weighted by molar-refractivity contribution is 6.06. The van der Waals surface area contributed by atoms with Crippen LogP contribution in [-0.4, -0.2) is 17.1 Å². The number of benzene rings is 2. The number of carbonyl (C=O) groups is 1. The molecule has 1 heterocycles. The van der Waals surface area contributed by atoms with Crippen LogP contribution in [0.4, 0.5) is 0 Å². The van der Waals surface area contributed by atoms with E-state index in [4.69, 9.17) is 4.98 Å². The van der Waals surface area contributed by atoms with Crippen LogP contribution in [0.15, 0.2) is 59.7 Å². The minimum Gasteiger partial charge on any atom is -0.267 e. The molecule has 1 saturated carbocycles. The Hall–Kier alpha value is -3.01. The van der Waals surface area contributed by atoms with Crippen LogP contribution < -0.4 is 5.43 Å². The summed E-state index contributed by atoms with van der Waals surface area (Å²) < 4.78 is 0. The number of hydrazone groups is 1. The van der Waals surface area contributed by atoms with Crippen molar-refractivity contribution in [2.24, 2.45) is 5.10 Å². The quantitative estimate of drug-likeness (QED) is 0.576. The van der Waals surface area contributed by atoms with Crippen LogP contribution in [0.25, 0.3) is 10.9 Å². The molecule has 1 aliphatic rings. The molecule has 4 rings (SSSR count). The number of pyridine rings is 1. The summed E-state index contributed by atoms with van der Waals surface area (Å²) in [6.45, 7) is 2.04. The van der Waals surface area contributed by atoms with Gasteiger partial charge in [0.25, 0.3) is 5.91 Å². The predicted molar refractivity (Wildman–Crippen MR) is 100.0 cm³/mol. The number of para-hydroxylation sites is 1. The molecule has 1 aliphatic carbocycles. The van der Waals surface area contributed by atoms with Gasteiger partial charge in [0.05, 0.1) is 17.3 Å². The van der Waals surface area contributed by atoms with Crippen molar-refractivity contribution in [3.63, 3.8) is 0 Å². The third kappa shape index (κ3) is 3.43. The van der Waals surface area contributed by atoms with E-state index < -0.39 is 0 Å². The molecule has 4 heteroatoms. The van der Waals surface area contributed by atoms with E-state index in [0.29, 0.717) is 11.5 Å². The van der Waals surface area contributed by atoms with Gasteiger partial charge in [0.2, 0.25) is 0 Å². The molecule has 3 aromatic rings. The molecule has 4 nitrogen and oxygen atoms in total. The molecule has 1 amide bonds. The summed E-state index contributed by atoms with van der Waals surface area (Å²) in [7, 11) is 0. The van der Waals surface area contributed by atoms with Gasteiger partial charge in [0.1, 0.15) is 0 Å². The lowest BCUT2D eigenvalue weighted by molar-refractivity contribution is 0.0956. The van der Waals surface area contributed by atoms with Crippen molar-refractivity contribution < 1.29 is 4.79 Å². The fourth-order valence-corrected chi connectivity index (χ4v) is 2.85. The fraction of sp³-hybridized carbons (Fsp3) is 0.190. The number of aryl methyl sites for hydroxylation is 1. The lowest BCUT2D eigenvalue weighted by Crippen LogP contribution is -2.18. The zero-order valence-corrected chi connectivity index (χ0v) is 14.1. The van der Waals surface area contributed by atoms with Crippen LogP contribution in [0.2, 0.25) is 0 Å². The number of aromatic nitrogens is 1. The molecule has 1 N–H and O–H groups in total. The highest BCUT2D eigenvalue weighted by atomic mass is 16.2. The molecule has 124 valence electrons. The smallest absolute Gasteiger partial charge is 0.267 e. The summed E-state index contributed by atoms with van der Waals surface area (Å²) in [6.07, 6.45) is 3.96. The number of rotatable bonds is 4. The molecule has 2 aromatic carbocycles. The van der Waals surface area contributed by atoms with E-state index in [9.17, 15) is 4.79 Å². The number of fused-ring (bicyclic) bond motifs is 1. The number of hydrogen-bond acceptors (Lipinski definition) is 3. The first-order chi connectivity index (χ1) is 12.2. The topological polar surface area (TPSA) is 54.4 Å². The average molecular weight is 329 g/mol. The monoisotopic (exact) mass is 329 g/mol. The Bertz CT molecular complexity index is 957. The summed E-state index contributed by atoms with van der Waals surface area (Å²) in [4.78, 5) is 17.3. The number of hydrogen-bond donors (Lipinski definition) is 1. The Kier molecular flexibility index (Phi) is 4.02. The SMILES string of the molecule is Cc1ccc(C=NNC(=O)c2cc(C3CC3)nc3ccccc23)cc1. The maximum atomic E-state index is 12.6. The number of nitrogens with zero attached hydrogens (tertiary/aromatic N) is 2. The highest BCUT2D eigenvalue weighted by Gasteiger charge is 2.26. The summed E-state index contributed by atoms with van der Waals surface area (Å²) in [5.74, 6) is 0.288. The van der Waals surface area contributed by atoms with E-state index in [1.54, 1.807) is 6.21 Å². The second kappa shape index (κ2) is 6.48. The highest BCUT2D eigenvalue weighted by Crippen LogP contribution is 2.40. The number of amides is 1. The molecule has 0 radical (unpaired) electrons. The maximum Gasteiger partial charge on any atom is 0.272 e. The summed E-state index contributed by atoms with van der Waals surface area (Å²) >= 11 is 0. The minimum atomic E-state index is -0.205. The molecule has 0 unspecified atom stereocenters. The molecule has 0 saturated heterocycles. The van der Waals surface area contributed by atoms with Crippen molar-refractivity contribution in [2.45, 2.75) is 25.7 Å². The fourth-order valence-electron chi connectivity index (χ4n) is 2.85. The first-order valence-electron chi connectivity index (χ1n) is 8.50. The second-order valence-corrected chi connectivity index (χ2v) is 6.50. The van der Waals surface area contributed by atoms with E-state index in [0.717, 1.165) is 35.0 Å². The second-order valence-electron chi connectivity index (χ2n) is 6.50. The molecule has 1 aromatic heterocycles. The van der Waals surface area contributed by atoms with Crippen LogP contribution in [0.3, 0.4) is 0 Å². The summed E-state index contributed by atoms with van der Waals surface area (Å²) in [6, 6.07) is 17.6. The van der Waals surface area contributed by atoms with Gasteiger partial charge in [-0.1, -0.05) is 48.0 Å². The van der Waals surface area contributed by atoms with Crippen molar-refractivity contribution in [2.75, 3.05) is 0 Å². The van der Waals surface area contributed by atoms with E-state index in [1.807, 2.05) is 61.5 Å². The predicted octanol–water partition coefficient (Wildman–Crippen LogP) is 4.18. The largest absolute Gasteiger partial charge is 0.272 e. The van der Waals surface area contributed by atoms with Gasteiger partial charge in [0, 0.05) is 17.0 Å². The molecular weight excluding hydrogens is 310 g/mol. The zero-order chi connectivity index (χ0) is 17.2. The molecule has 0 atom stereocenters. The Morgan fingerprint density at radius 2 is 1.92 bits per heavy atom. The normalized spacial score (nSPS) is 14.1. The van der Waals surface area contributed by atoms with Gasteiger partial charge in [-0.25, -0.2) is 5.43 Å².